The van der Waals surface area contributed by atoms with Crippen LogP contribution in [-0.2, 0) is 6.54 Å². The number of allylic oxidation sites excluding steroid dienone is 3. The normalized spacial score (nSPS) is 15.2. The van der Waals surface area contributed by atoms with Crippen LogP contribution in [-0.4, -0.2) is 20.6 Å². The van der Waals surface area contributed by atoms with E-state index in [1.54, 1.807) is 0 Å². The van der Waals surface area contributed by atoms with E-state index in [0.717, 1.165) is 55.0 Å². The Labute approximate surface area is 229 Å². The van der Waals surface area contributed by atoms with Crippen LogP contribution >= 0.6 is 0 Å². The van der Waals surface area contributed by atoms with Crippen molar-refractivity contribution in [2.24, 2.45) is 5.92 Å². The molecule has 0 amide bonds. The van der Waals surface area contributed by atoms with Crippen molar-refractivity contribution in [2.75, 3.05) is 30.4 Å². The second-order valence-corrected chi connectivity index (χ2v) is 10.4. The Hall–Kier alpha value is -3.98. The predicted octanol–water partition coefficient (Wildman–Crippen LogP) is 8.43. The van der Waals surface area contributed by atoms with Gasteiger partial charge in [0.15, 0.2) is 0 Å². The molecule has 3 nitrogen and oxygen atoms in total. The van der Waals surface area contributed by atoms with Gasteiger partial charge in [0, 0.05) is 55.9 Å². The topological polar surface area (TPSA) is 18.5 Å². The smallest absolute Gasteiger partial charge is 0.0478 e. The monoisotopic (exact) mass is 503 g/mol. The standard InChI is InChI=1S/C35H41N3/c1-7-26(2)11-13-29-9-8-10-35(23-29)38(28(4)33-16-12-27(3)36-24-33)25-30-14-17-31(18-15-30)32-19-21-34(22-20-32)37(5)6/h8-11,13-15,17-23,33,36H,2-4,7,12,16,24-25H2,1,5-6H3/b13-11+. The summed E-state index contributed by atoms with van der Waals surface area (Å²) in [6.07, 6.45) is 7.27. The van der Waals surface area contributed by atoms with Gasteiger partial charge in [-0.3, -0.25) is 0 Å². The van der Waals surface area contributed by atoms with Crippen molar-refractivity contribution in [3.63, 3.8) is 0 Å². The molecule has 1 aliphatic rings. The molecule has 0 spiro atoms. The number of hydrogen-bond acceptors (Lipinski definition) is 3. The summed E-state index contributed by atoms with van der Waals surface area (Å²) in [5.41, 5.74) is 10.6. The van der Waals surface area contributed by atoms with Gasteiger partial charge in [-0.25, -0.2) is 0 Å². The third-order valence-electron chi connectivity index (χ3n) is 7.37. The maximum Gasteiger partial charge on any atom is 0.0478 e. The molecule has 0 aromatic heterocycles. The van der Waals surface area contributed by atoms with Crippen LogP contribution in [0.15, 0.2) is 116 Å². The lowest BCUT2D eigenvalue weighted by molar-refractivity contribution is 0.459. The minimum atomic E-state index is 0.369. The highest BCUT2D eigenvalue weighted by Gasteiger charge is 2.23. The fourth-order valence-corrected chi connectivity index (χ4v) is 4.74. The summed E-state index contributed by atoms with van der Waals surface area (Å²) in [6, 6.07) is 26.4. The molecular weight excluding hydrogens is 462 g/mol. The first-order chi connectivity index (χ1) is 18.3. The second kappa shape index (κ2) is 12.5. The number of nitrogens with zero attached hydrogens (tertiary/aromatic N) is 2. The lowest BCUT2D eigenvalue weighted by Crippen LogP contribution is -2.35. The van der Waals surface area contributed by atoms with Crippen molar-refractivity contribution in [3.8, 4) is 11.1 Å². The summed E-state index contributed by atoms with van der Waals surface area (Å²) in [5.74, 6) is 0.369. The van der Waals surface area contributed by atoms with E-state index in [1.807, 2.05) is 0 Å². The molecule has 1 N–H and O–H groups in total. The van der Waals surface area contributed by atoms with Crippen LogP contribution in [0, 0.1) is 5.92 Å². The minimum absolute atomic E-state index is 0.369. The number of anilines is 2. The Kier molecular flexibility index (Phi) is 8.91. The van der Waals surface area contributed by atoms with Gasteiger partial charge in [0.2, 0.25) is 0 Å². The first-order valence-electron chi connectivity index (χ1n) is 13.5. The molecule has 1 heterocycles. The molecule has 4 rings (SSSR count). The van der Waals surface area contributed by atoms with E-state index in [0.29, 0.717) is 5.92 Å². The fraction of sp³-hybridized carbons (Fsp3) is 0.257. The van der Waals surface area contributed by atoms with Gasteiger partial charge in [-0.2, -0.15) is 0 Å². The minimum Gasteiger partial charge on any atom is -0.388 e. The summed E-state index contributed by atoms with van der Waals surface area (Å²) in [4.78, 5) is 4.50. The molecule has 0 saturated carbocycles. The van der Waals surface area contributed by atoms with Gasteiger partial charge in [0.25, 0.3) is 0 Å². The van der Waals surface area contributed by atoms with Crippen molar-refractivity contribution in [2.45, 2.75) is 32.7 Å². The van der Waals surface area contributed by atoms with Gasteiger partial charge < -0.3 is 15.1 Å². The highest BCUT2D eigenvalue weighted by molar-refractivity contribution is 5.67. The van der Waals surface area contributed by atoms with E-state index in [2.05, 4.69) is 141 Å². The van der Waals surface area contributed by atoms with Gasteiger partial charge in [-0.1, -0.05) is 92.9 Å². The third-order valence-corrected chi connectivity index (χ3v) is 7.37. The lowest BCUT2D eigenvalue weighted by Gasteiger charge is -2.35. The highest BCUT2D eigenvalue weighted by Crippen LogP contribution is 2.31. The summed E-state index contributed by atoms with van der Waals surface area (Å²) in [7, 11) is 4.13. The quantitative estimate of drug-likeness (QED) is 0.280. The van der Waals surface area contributed by atoms with Gasteiger partial charge in [0.1, 0.15) is 0 Å². The zero-order valence-electron chi connectivity index (χ0n) is 23.2. The lowest BCUT2D eigenvalue weighted by atomic mass is 9.93. The molecule has 3 aromatic rings. The maximum absolute atomic E-state index is 4.60. The molecule has 1 saturated heterocycles. The summed E-state index contributed by atoms with van der Waals surface area (Å²) >= 11 is 0. The molecule has 38 heavy (non-hydrogen) atoms. The van der Waals surface area contributed by atoms with Crippen LogP contribution in [0.25, 0.3) is 17.2 Å². The first kappa shape index (κ1) is 27.1. The molecule has 0 bridgehead atoms. The first-order valence-corrected chi connectivity index (χ1v) is 13.5. The van der Waals surface area contributed by atoms with Crippen LogP contribution in [0.5, 0.6) is 0 Å². The highest BCUT2D eigenvalue weighted by atomic mass is 15.1. The Morgan fingerprint density at radius 3 is 2.24 bits per heavy atom. The van der Waals surface area contributed by atoms with Crippen molar-refractivity contribution in [1.82, 2.24) is 5.32 Å². The van der Waals surface area contributed by atoms with Gasteiger partial charge in [-0.15, -0.1) is 0 Å². The second-order valence-electron chi connectivity index (χ2n) is 10.4. The van der Waals surface area contributed by atoms with Crippen molar-refractivity contribution < 1.29 is 0 Å². The molecule has 1 atom stereocenters. The predicted molar refractivity (Wildman–Crippen MR) is 166 cm³/mol. The molecule has 3 aromatic carbocycles. The van der Waals surface area contributed by atoms with Gasteiger partial charge in [0.05, 0.1) is 0 Å². The summed E-state index contributed by atoms with van der Waals surface area (Å²) in [6.45, 7) is 16.6. The van der Waals surface area contributed by atoms with Crippen LogP contribution in [0.2, 0.25) is 0 Å². The van der Waals surface area contributed by atoms with E-state index in [9.17, 15) is 0 Å². The summed E-state index contributed by atoms with van der Waals surface area (Å²) < 4.78 is 0. The van der Waals surface area contributed by atoms with Crippen LogP contribution < -0.4 is 15.1 Å². The van der Waals surface area contributed by atoms with Gasteiger partial charge in [-0.05, 0) is 65.8 Å². The molecule has 1 fully saturated rings. The van der Waals surface area contributed by atoms with Crippen molar-refractivity contribution in [1.29, 1.82) is 0 Å². The van der Waals surface area contributed by atoms with Crippen molar-refractivity contribution in [3.05, 3.63) is 127 Å². The average Bonchev–Trinajstić information content (AvgIpc) is 2.95. The zero-order valence-corrected chi connectivity index (χ0v) is 23.2. The largest absolute Gasteiger partial charge is 0.388 e. The van der Waals surface area contributed by atoms with Crippen LogP contribution in [0.3, 0.4) is 0 Å². The van der Waals surface area contributed by atoms with Crippen LogP contribution in [0.1, 0.15) is 37.3 Å². The Morgan fingerprint density at radius 1 is 0.947 bits per heavy atom. The Morgan fingerprint density at radius 2 is 1.63 bits per heavy atom. The third kappa shape index (κ3) is 6.86. The fourth-order valence-electron chi connectivity index (χ4n) is 4.74. The maximum atomic E-state index is 4.60. The van der Waals surface area contributed by atoms with E-state index >= 15 is 0 Å². The molecule has 0 radical (unpaired) electrons. The molecule has 0 aliphatic carbocycles. The number of piperidine rings is 1. The van der Waals surface area contributed by atoms with E-state index in [4.69, 9.17) is 0 Å². The summed E-state index contributed by atoms with van der Waals surface area (Å²) in [5, 5.41) is 3.46. The number of nitrogens with one attached hydrogen (secondary N) is 1. The molecule has 1 aliphatic heterocycles. The van der Waals surface area contributed by atoms with E-state index < -0.39 is 0 Å². The number of hydrogen-bond donors (Lipinski definition) is 1. The van der Waals surface area contributed by atoms with E-state index in [-0.39, 0.29) is 0 Å². The van der Waals surface area contributed by atoms with Crippen LogP contribution in [0.4, 0.5) is 11.4 Å². The number of rotatable bonds is 10. The van der Waals surface area contributed by atoms with E-state index in [1.165, 1.54) is 27.9 Å². The molecular formula is C35H41N3. The van der Waals surface area contributed by atoms with Gasteiger partial charge >= 0.3 is 0 Å². The zero-order chi connectivity index (χ0) is 27.1. The molecule has 1 unspecified atom stereocenters. The Bertz CT molecular complexity index is 1290. The Balaban J connectivity index is 1.59. The average molecular weight is 504 g/mol. The molecule has 196 valence electrons. The number of benzene rings is 3. The SMILES string of the molecule is C=C(/C=C/c1cccc(N(Cc2ccc(-c3ccc(N(C)C)cc3)cc2)C(=C)C2CCC(=C)NC2)c1)CC. The van der Waals surface area contributed by atoms with Crippen molar-refractivity contribution >= 4 is 17.5 Å². The molecule has 3 heteroatoms.